The number of piperidine rings is 1. The van der Waals surface area contributed by atoms with Gasteiger partial charge >= 0.3 is 0 Å². The maximum atomic E-state index is 6.25. The zero-order chi connectivity index (χ0) is 15.7. The van der Waals surface area contributed by atoms with Crippen LogP contribution in [-0.4, -0.2) is 47.9 Å². The number of nitrogens with zero attached hydrogens (tertiary/aromatic N) is 2. The van der Waals surface area contributed by atoms with Crippen LogP contribution in [0.15, 0.2) is 18.2 Å². The van der Waals surface area contributed by atoms with E-state index in [-0.39, 0.29) is 5.60 Å². The molecule has 1 aliphatic carbocycles. The van der Waals surface area contributed by atoms with Gasteiger partial charge in [-0.3, -0.25) is 9.88 Å². The van der Waals surface area contributed by atoms with Gasteiger partial charge in [0.25, 0.3) is 0 Å². The van der Waals surface area contributed by atoms with Gasteiger partial charge in [-0.15, -0.1) is 0 Å². The molecule has 3 aliphatic rings. The summed E-state index contributed by atoms with van der Waals surface area (Å²) in [5, 5.41) is 0. The Morgan fingerprint density at radius 2 is 2.30 bits per heavy atom. The fourth-order valence-corrected chi connectivity index (χ4v) is 3.99. The summed E-state index contributed by atoms with van der Waals surface area (Å²) in [6, 6.07) is 6.29. The second-order valence-corrected chi connectivity index (χ2v) is 7.68. The lowest BCUT2D eigenvalue weighted by Gasteiger charge is -2.39. The van der Waals surface area contributed by atoms with Gasteiger partial charge in [-0.25, -0.2) is 0 Å². The van der Waals surface area contributed by atoms with Gasteiger partial charge < -0.3 is 9.47 Å². The van der Waals surface area contributed by atoms with Crippen LogP contribution >= 0.6 is 0 Å². The second-order valence-electron chi connectivity index (χ2n) is 7.68. The molecule has 0 radical (unpaired) electrons. The van der Waals surface area contributed by atoms with Crippen LogP contribution in [0.2, 0.25) is 0 Å². The topological polar surface area (TPSA) is 34.6 Å². The number of likely N-dealkylation sites (tertiary alicyclic amines) is 1. The average molecular weight is 316 g/mol. The Kier molecular flexibility index (Phi) is 4.39. The van der Waals surface area contributed by atoms with E-state index in [4.69, 9.17) is 9.47 Å². The SMILES string of the molecule is Cc1cccc(CN2CCC[C@@]3(C[C@H](OCC4CC4)CO3)C2)n1. The van der Waals surface area contributed by atoms with E-state index in [1.807, 2.05) is 0 Å². The van der Waals surface area contributed by atoms with Gasteiger partial charge in [0.15, 0.2) is 0 Å². The number of hydrogen-bond donors (Lipinski definition) is 0. The zero-order valence-corrected chi connectivity index (χ0v) is 14.2. The van der Waals surface area contributed by atoms with E-state index >= 15 is 0 Å². The minimum Gasteiger partial charge on any atom is -0.375 e. The van der Waals surface area contributed by atoms with Crippen LogP contribution in [-0.2, 0) is 16.0 Å². The lowest BCUT2D eigenvalue weighted by atomic mass is 9.89. The molecule has 3 fully saturated rings. The third kappa shape index (κ3) is 3.93. The van der Waals surface area contributed by atoms with E-state index in [0.29, 0.717) is 6.10 Å². The number of pyridine rings is 1. The molecule has 4 rings (SSSR count). The van der Waals surface area contributed by atoms with Gasteiger partial charge in [0.05, 0.1) is 24.0 Å². The molecule has 2 atom stereocenters. The molecular formula is C19H28N2O2. The lowest BCUT2D eigenvalue weighted by Crippen LogP contribution is -2.47. The second kappa shape index (κ2) is 6.50. The van der Waals surface area contributed by atoms with Crippen molar-refractivity contribution in [2.45, 2.75) is 57.3 Å². The normalized spacial score (nSPS) is 31.8. The van der Waals surface area contributed by atoms with Gasteiger partial charge in [0.1, 0.15) is 0 Å². The lowest BCUT2D eigenvalue weighted by molar-refractivity contribution is -0.0549. The van der Waals surface area contributed by atoms with Crippen LogP contribution < -0.4 is 0 Å². The van der Waals surface area contributed by atoms with Gasteiger partial charge in [-0.2, -0.15) is 0 Å². The molecule has 4 heteroatoms. The van der Waals surface area contributed by atoms with Crippen LogP contribution in [0.4, 0.5) is 0 Å². The standard InChI is InChI=1S/C19H28N2O2/c1-15-4-2-5-17(20-15)11-21-9-3-8-19(14-21)10-18(13-23-19)22-12-16-6-7-16/h2,4-5,16,18H,3,6-14H2,1H3/t18-,19+/m0/s1. The minimum absolute atomic E-state index is 0.0241. The van der Waals surface area contributed by atoms with E-state index in [1.165, 1.54) is 31.4 Å². The summed E-state index contributed by atoms with van der Waals surface area (Å²) in [6.07, 6.45) is 6.48. The Labute approximate surface area is 139 Å². The highest BCUT2D eigenvalue weighted by molar-refractivity contribution is 5.10. The van der Waals surface area contributed by atoms with Crippen molar-refractivity contribution in [3.63, 3.8) is 0 Å². The number of rotatable bonds is 5. The molecule has 0 N–H and O–H groups in total. The minimum atomic E-state index is 0.0241. The van der Waals surface area contributed by atoms with Crippen molar-refractivity contribution in [2.24, 2.45) is 5.92 Å². The molecule has 126 valence electrons. The van der Waals surface area contributed by atoms with Crippen LogP contribution in [0, 0.1) is 12.8 Å². The molecule has 1 saturated carbocycles. The molecule has 1 spiro atoms. The molecule has 0 amide bonds. The Balaban J connectivity index is 1.33. The Morgan fingerprint density at radius 1 is 1.39 bits per heavy atom. The highest BCUT2D eigenvalue weighted by atomic mass is 16.6. The number of aromatic nitrogens is 1. The fourth-order valence-electron chi connectivity index (χ4n) is 3.99. The first-order chi connectivity index (χ1) is 11.2. The van der Waals surface area contributed by atoms with Gasteiger partial charge in [-0.05, 0) is 57.2 Å². The van der Waals surface area contributed by atoms with Gasteiger partial charge in [-0.1, -0.05) is 6.07 Å². The van der Waals surface area contributed by atoms with E-state index in [9.17, 15) is 0 Å². The maximum absolute atomic E-state index is 6.25. The molecule has 1 aromatic heterocycles. The molecule has 0 unspecified atom stereocenters. The van der Waals surface area contributed by atoms with Crippen LogP contribution in [0.3, 0.4) is 0 Å². The summed E-state index contributed by atoms with van der Waals surface area (Å²) in [7, 11) is 0. The predicted molar refractivity (Wildman–Crippen MR) is 89.2 cm³/mol. The first-order valence-corrected chi connectivity index (χ1v) is 9.11. The largest absolute Gasteiger partial charge is 0.375 e. The van der Waals surface area contributed by atoms with Crippen molar-refractivity contribution in [1.29, 1.82) is 0 Å². The first-order valence-electron chi connectivity index (χ1n) is 9.11. The number of aryl methyl sites for hydroxylation is 1. The predicted octanol–water partition coefficient (Wildman–Crippen LogP) is 2.94. The fraction of sp³-hybridized carbons (Fsp3) is 0.737. The summed E-state index contributed by atoms with van der Waals surface area (Å²) < 4.78 is 12.3. The summed E-state index contributed by atoms with van der Waals surface area (Å²) in [5.41, 5.74) is 2.29. The number of ether oxygens (including phenoxy) is 2. The highest BCUT2D eigenvalue weighted by Gasteiger charge is 2.44. The summed E-state index contributed by atoms with van der Waals surface area (Å²) in [5.74, 6) is 0.835. The quantitative estimate of drug-likeness (QED) is 0.836. The van der Waals surface area contributed by atoms with Gasteiger partial charge in [0, 0.05) is 31.8 Å². The molecule has 1 aromatic rings. The Morgan fingerprint density at radius 3 is 3.13 bits per heavy atom. The third-order valence-electron chi connectivity index (χ3n) is 5.39. The smallest absolute Gasteiger partial charge is 0.0836 e. The molecule has 0 aromatic carbocycles. The van der Waals surface area contributed by atoms with Crippen molar-refractivity contribution in [1.82, 2.24) is 9.88 Å². The van der Waals surface area contributed by atoms with Gasteiger partial charge in [0.2, 0.25) is 0 Å². The summed E-state index contributed by atoms with van der Waals surface area (Å²) >= 11 is 0. The summed E-state index contributed by atoms with van der Waals surface area (Å²) in [6.45, 7) is 6.88. The van der Waals surface area contributed by atoms with Crippen LogP contribution in [0.5, 0.6) is 0 Å². The van der Waals surface area contributed by atoms with Crippen molar-refractivity contribution >= 4 is 0 Å². The zero-order valence-electron chi connectivity index (χ0n) is 14.2. The van der Waals surface area contributed by atoms with E-state index in [2.05, 4.69) is 35.0 Å². The van der Waals surface area contributed by atoms with Crippen molar-refractivity contribution in [3.8, 4) is 0 Å². The monoisotopic (exact) mass is 316 g/mol. The molecule has 2 saturated heterocycles. The maximum Gasteiger partial charge on any atom is 0.0836 e. The summed E-state index contributed by atoms with van der Waals surface area (Å²) in [4.78, 5) is 7.15. The Bertz CT molecular complexity index is 546. The van der Waals surface area contributed by atoms with Crippen LogP contribution in [0.25, 0.3) is 0 Å². The average Bonchev–Trinajstić information content (AvgIpc) is 3.28. The first kappa shape index (κ1) is 15.6. The molecule has 23 heavy (non-hydrogen) atoms. The third-order valence-corrected chi connectivity index (χ3v) is 5.39. The molecule has 3 heterocycles. The Hall–Kier alpha value is -0.970. The molecular weight excluding hydrogens is 288 g/mol. The number of hydrogen-bond acceptors (Lipinski definition) is 4. The van der Waals surface area contributed by atoms with Crippen molar-refractivity contribution in [2.75, 3.05) is 26.3 Å². The molecule has 0 bridgehead atoms. The van der Waals surface area contributed by atoms with E-state index in [0.717, 1.165) is 50.9 Å². The van der Waals surface area contributed by atoms with E-state index in [1.54, 1.807) is 0 Å². The van der Waals surface area contributed by atoms with Crippen molar-refractivity contribution in [3.05, 3.63) is 29.6 Å². The molecule has 2 aliphatic heterocycles. The highest BCUT2D eigenvalue weighted by Crippen LogP contribution is 2.37. The van der Waals surface area contributed by atoms with Crippen molar-refractivity contribution < 1.29 is 9.47 Å². The van der Waals surface area contributed by atoms with E-state index < -0.39 is 0 Å². The van der Waals surface area contributed by atoms with Crippen LogP contribution in [0.1, 0.15) is 43.5 Å². The molecule has 4 nitrogen and oxygen atoms in total.